The zero-order chi connectivity index (χ0) is 6.12. The highest BCUT2D eigenvalue weighted by Gasteiger charge is 1.54. The molecule has 42 valence electrons. The van der Waals surface area contributed by atoms with Gasteiger partial charge in [-0.15, -0.1) is 0 Å². The predicted molar refractivity (Wildman–Crippen MR) is 38.3 cm³/mol. The molecule has 0 saturated heterocycles. The minimum atomic E-state index is 0.597. The summed E-state index contributed by atoms with van der Waals surface area (Å²) in [5.41, 5.74) is 9.81. The Balaban J connectivity index is 0. The normalized spacial score (nSPS) is 5.43. The fraction of sp³-hybridized carbons (Fsp3) is 0.667. The van der Waals surface area contributed by atoms with Gasteiger partial charge in [-0.3, -0.25) is 0 Å². The van der Waals surface area contributed by atoms with Crippen molar-refractivity contribution in [3.63, 3.8) is 0 Å². The zero-order valence-electron chi connectivity index (χ0n) is 3.89. The second-order valence-corrected chi connectivity index (χ2v) is 1.33. The molecule has 0 aromatic carbocycles. The fourth-order valence-corrected chi connectivity index (χ4v) is 0. The number of hydrogen-bond acceptors (Lipinski definition) is 4. The number of nitrogens with two attached hydrogens (primary N) is 2. The summed E-state index contributed by atoms with van der Waals surface area (Å²) in [6.45, 7) is 1.19. The Morgan fingerprint density at radius 3 is 1.29 bits per heavy atom. The summed E-state index contributed by atoms with van der Waals surface area (Å²) in [4.78, 5) is 0. The number of thiocarbonyl (C=S) groups is 2. The van der Waals surface area contributed by atoms with Crippen molar-refractivity contribution in [1.82, 2.24) is 0 Å². The van der Waals surface area contributed by atoms with Gasteiger partial charge in [0, 0.05) is 17.4 Å². The SMILES string of the molecule is NCCN.S=C=S. The van der Waals surface area contributed by atoms with E-state index in [0.29, 0.717) is 13.1 Å². The molecule has 0 unspecified atom stereocenters. The third kappa shape index (κ3) is 81.0. The Hall–Kier alpha value is 0.140. The number of rotatable bonds is 1. The van der Waals surface area contributed by atoms with Crippen LogP contribution in [0.4, 0.5) is 0 Å². The van der Waals surface area contributed by atoms with Crippen LogP contribution in [0.5, 0.6) is 0 Å². The third-order valence-corrected chi connectivity index (χ3v) is 0.167. The lowest BCUT2D eigenvalue weighted by molar-refractivity contribution is 0.976. The first-order valence-corrected chi connectivity index (χ1v) is 2.54. The van der Waals surface area contributed by atoms with E-state index in [4.69, 9.17) is 11.5 Å². The predicted octanol–water partition coefficient (Wildman–Crippen LogP) is -0.0781. The minimum Gasteiger partial charge on any atom is -0.329 e. The molecule has 0 aromatic rings. The zero-order valence-corrected chi connectivity index (χ0v) is 5.52. The maximum Gasteiger partial charge on any atom is 0.0297 e. The highest BCUT2D eigenvalue weighted by Crippen LogP contribution is 1.29. The molecule has 0 aromatic heterocycles. The second kappa shape index (κ2) is 16.5. The van der Waals surface area contributed by atoms with E-state index in [2.05, 4.69) is 24.4 Å². The Morgan fingerprint density at radius 1 is 1.14 bits per heavy atom. The molecule has 0 aliphatic carbocycles. The van der Waals surface area contributed by atoms with Crippen LogP contribution in [0.3, 0.4) is 0 Å². The fourth-order valence-electron chi connectivity index (χ4n) is 0. The van der Waals surface area contributed by atoms with Crippen molar-refractivity contribution in [3.05, 3.63) is 0 Å². The molecule has 4 heteroatoms. The van der Waals surface area contributed by atoms with Gasteiger partial charge < -0.3 is 11.5 Å². The maximum absolute atomic E-state index is 4.90. The van der Waals surface area contributed by atoms with Gasteiger partial charge >= 0.3 is 0 Å². The largest absolute Gasteiger partial charge is 0.329 e. The van der Waals surface area contributed by atoms with Crippen molar-refractivity contribution in [2.24, 2.45) is 11.5 Å². The van der Waals surface area contributed by atoms with E-state index in [1.54, 1.807) is 0 Å². The van der Waals surface area contributed by atoms with Gasteiger partial charge in [0.05, 0.1) is 0 Å². The first kappa shape index (κ1) is 10.2. The summed E-state index contributed by atoms with van der Waals surface area (Å²) < 4.78 is 1.92. The van der Waals surface area contributed by atoms with Crippen molar-refractivity contribution < 1.29 is 0 Å². The molecular weight excluding hydrogens is 128 g/mol. The van der Waals surface area contributed by atoms with E-state index in [-0.39, 0.29) is 0 Å². The molecule has 0 atom stereocenters. The van der Waals surface area contributed by atoms with Crippen molar-refractivity contribution in [3.8, 4) is 0 Å². The van der Waals surface area contributed by atoms with Crippen LogP contribution >= 0.6 is 24.4 Å². The molecule has 0 heterocycles. The summed E-state index contributed by atoms with van der Waals surface area (Å²) in [5.74, 6) is 0. The van der Waals surface area contributed by atoms with Crippen LogP contribution in [0.1, 0.15) is 0 Å². The van der Waals surface area contributed by atoms with Gasteiger partial charge in [0.2, 0.25) is 0 Å². The molecule has 0 radical (unpaired) electrons. The summed E-state index contributed by atoms with van der Waals surface area (Å²) in [6.07, 6.45) is 0. The Kier molecular flexibility index (Phi) is 23.9. The molecule has 0 amide bonds. The van der Waals surface area contributed by atoms with Gasteiger partial charge in [-0.25, -0.2) is 0 Å². The average Bonchev–Trinajstić information content (AvgIpc) is 1.69. The van der Waals surface area contributed by atoms with Crippen molar-refractivity contribution >= 4 is 28.7 Å². The molecule has 0 bridgehead atoms. The lowest BCUT2D eigenvalue weighted by Gasteiger charge is -1.72. The first-order valence-electron chi connectivity index (χ1n) is 1.72. The van der Waals surface area contributed by atoms with Crippen molar-refractivity contribution in [1.29, 1.82) is 0 Å². The quantitative estimate of drug-likeness (QED) is 0.495. The van der Waals surface area contributed by atoms with E-state index in [1.165, 1.54) is 0 Å². The van der Waals surface area contributed by atoms with Gasteiger partial charge in [0.15, 0.2) is 0 Å². The smallest absolute Gasteiger partial charge is 0.0297 e. The Labute approximate surface area is 53.9 Å². The first-order chi connectivity index (χ1) is 3.33. The van der Waals surface area contributed by atoms with E-state index in [1.807, 2.05) is 4.31 Å². The van der Waals surface area contributed by atoms with E-state index >= 15 is 0 Å². The molecular formula is C3H8N2S2. The van der Waals surface area contributed by atoms with Crippen LogP contribution in [0.25, 0.3) is 0 Å². The van der Waals surface area contributed by atoms with Gasteiger partial charge in [-0.2, -0.15) is 0 Å². The number of hydrogen-bond donors (Lipinski definition) is 2. The average molecular weight is 136 g/mol. The van der Waals surface area contributed by atoms with E-state index in [0.717, 1.165) is 0 Å². The van der Waals surface area contributed by atoms with E-state index < -0.39 is 0 Å². The Bertz CT molecular complexity index is 46.9. The highest BCUT2D eigenvalue weighted by molar-refractivity contribution is 7.93. The summed E-state index contributed by atoms with van der Waals surface area (Å²) >= 11 is 7.92. The van der Waals surface area contributed by atoms with Crippen LogP contribution < -0.4 is 11.5 Å². The summed E-state index contributed by atoms with van der Waals surface area (Å²) in [5, 5.41) is 0. The lowest BCUT2D eigenvalue weighted by atomic mass is 10.7. The molecule has 4 N–H and O–H groups in total. The molecule has 0 fully saturated rings. The van der Waals surface area contributed by atoms with Crippen LogP contribution in [0.2, 0.25) is 0 Å². The molecule has 0 rings (SSSR count). The van der Waals surface area contributed by atoms with Crippen molar-refractivity contribution in [2.75, 3.05) is 13.1 Å². The van der Waals surface area contributed by atoms with Crippen LogP contribution in [-0.4, -0.2) is 17.4 Å². The van der Waals surface area contributed by atoms with Gasteiger partial charge in [0.25, 0.3) is 0 Å². The highest BCUT2D eigenvalue weighted by atomic mass is 32.1. The van der Waals surface area contributed by atoms with Gasteiger partial charge in [-0.05, 0) is 24.4 Å². The Morgan fingerprint density at radius 2 is 1.29 bits per heavy atom. The van der Waals surface area contributed by atoms with Crippen LogP contribution in [-0.2, 0) is 0 Å². The molecule has 0 aliphatic heterocycles. The lowest BCUT2D eigenvalue weighted by Crippen LogP contribution is -2.11. The molecule has 0 spiro atoms. The molecule has 7 heavy (non-hydrogen) atoms. The molecule has 0 saturated carbocycles. The second-order valence-electron chi connectivity index (χ2n) is 0.661. The monoisotopic (exact) mass is 136 g/mol. The standard InChI is InChI=1S/C2H8N2.CS2/c3-1-2-4;2-1-3/h1-4H2;. The van der Waals surface area contributed by atoms with Crippen molar-refractivity contribution in [2.45, 2.75) is 0 Å². The van der Waals surface area contributed by atoms with Crippen LogP contribution in [0.15, 0.2) is 0 Å². The van der Waals surface area contributed by atoms with Gasteiger partial charge in [-0.1, -0.05) is 0 Å². The summed E-state index contributed by atoms with van der Waals surface area (Å²) in [7, 11) is 0. The molecule has 2 nitrogen and oxygen atoms in total. The maximum atomic E-state index is 4.90. The van der Waals surface area contributed by atoms with Gasteiger partial charge in [0.1, 0.15) is 0 Å². The minimum absolute atomic E-state index is 0.597. The topological polar surface area (TPSA) is 52.0 Å². The van der Waals surface area contributed by atoms with E-state index in [9.17, 15) is 0 Å². The third-order valence-electron chi connectivity index (χ3n) is 0.167. The molecule has 0 aliphatic rings. The van der Waals surface area contributed by atoms with Crippen LogP contribution in [0, 0.1) is 0 Å². The summed E-state index contributed by atoms with van der Waals surface area (Å²) in [6, 6.07) is 0.